The van der Waals surface area contributed by atoms with E-state index >= 15 is 0 Å². The summed E-state index contributed by atoms with van der Waals surface area (Å²) in [6, 6.07) is 2.12. The van der Waals surface area contributed by atoms with E-state index in [2.05, 4.69) is 16.5 Å². The molecule has 1 unspecified atom stereocenters. The van der Waals surface area contributed by atoms with Crippen molar-refractivity contribution in [1.29, 1.82) is 0 Å². The maximum atomic E-state index is 14.8. The molecule has 0 aliphatic heterocycles. The number of imidazole rings is 1. The second-order valence-electron chi connectivity index (χ2n) is 8.02. The van der Waals surface area contributed by atoms with Crippen molar-refractivity contribution in [3.8, 4) is 11.3 Å². The minimum Gasteiger partial charge on any atom is -0.496 e. The van der Waals surface area contributed by atoms with Crippen molar-refractivity contribution in [3.05, 3.63) is 86.9 Å². The second-order valence-corrected chi connectivity index (χ2v) is 9.31. The molecule has 1 atom stereocenters. The molecule has 1 aliphatic carbocycles. The molecule has 4 N–H and O–H groups in total. The number of hydrogen-bond donors (Lipinski definition) is 4. The van der Waals surface area contributed by atoms with E-state index in [1.807, 2.05) is 0 Å². The van der Waals surface area contributed by atoms with Crippen LogP contribution in [0, 0.1) is 17.5 Å². The van der Waals surface area contributed by atoms with Gasteiger partial charge in [-0.15, -0.1) is 11.3 Å². The zero-order chi connectivity index (χ0) is 25.3. The Hall–Kier alpha value is -3.05. The zero-order valence-electron chi connectivity index (χ0n) is 18.5. The Labute approximate surface area is 208 Å². The monoisotopic (exact) mass is 523 g/mol. The van der Waals surface area contributed by atoms with Gasteiger partial charge in [0, 0.05) is 29.1 Å². The number of aromatic nitrogens is 2. The quantitative estimate of drug-likeness (QED) is 0.169. The smallest absolute Gasteiger partial charge is 0.154 e. The molecule has 0 radical (unpaired) electrons. The fourth-order valence-electron chi connectivity index (χ4n) is 4.01. The molecule has 0 bridgehead atoms. The number of rotatable bonds is 7. The summed E-state index contributed by atoms with van der Waals surface area (Å²) >= 11 is 6.94. The number of benzene rings is 1. The van der Waals surface area contributed by atoms with Gasteiger partial charge in [0.2, 0.25) is 0 Å². The van der Waals surface area contributed by atoms with Crippen LogP contribution in [0.4, 0.5) is 13.2 Å². The topological polar surface area (TPSA) is 90.4 Å². The molecule has 1 aromatic carbocycles. The molecule has 0 saturated heterocycles. The van der Waals surface area contributed by atoms with E-state index in [0.29, 0.717) is 17.7 Å². The minimum absolute atomic E-state index is 0.00984. The summed E-state index contributed by atoms with van der Waals surface area (Å²) < 4.78 is 48.7. The average Bonchev–Trinajstić information content (AvgIpc) is 3.55. The lowest BCUT2D eigenvalue weighted by molar-refractivity contribution is 0.0390. The summed E-state index contributed by atoms with van der Waals surface area (Å²) in [5, 5.41) is 21.7. The summed E-state index contributed by atoms with van der Waals surface area (Å²) in [4.78, 5) is 7.50. The lowest BCUT2D eigenvalue weighted by Crippen LogP contribution is -2.22. The highest BCUT2D eigenvalue weighted by Gasteiger charge is 2.39. The number of halogens is 4. The van der Waals surface area contributed by atoms with Crippen LogP contribution in [0.5, 0.6) is 0 Å². The van der Waals surface area contributed by atoms with Crippen LogP contribution in [0.25, 0.3) is 22.6 Å². The van der Waals surface area contributed by atoms with Crippen molar-refractivity contribution in [2.24, 2.45) is 0 Å². The van der Waals surface area contributed by atoms with E-state index in [1.54, 1.807) is 10.9 Å². The maximum Gasteiger partial charge on any atom is 0.154 e. The summed E-state index contributed by atoms with van der Waals surface area (Å²) in [5.41, 5.74) is 1.29. The number of H-pyrrole nitrogens is 1. The van der Waals surface area contributed by atoms with E-state index in [1.165, 1.54) is 19.4 Å². The third-order valence-electron chi connectivity index (χ3n) is 5.83. The van der Waals surface area contributed by atoms with Gasteiger partial charge in [0.05, 0.1) is 29.6 Å². The number of aromatic amines is 1. The molecule has 0 amide bonds. The molecule has 3 aromatic rings. The fraction of sp³-hybridized carbons (Fsp3) is 0.208. The Bertz CT molecular complexity index is 1350. The number of nitrogens with one attached hydrogen (secondary N) is 2. The van der Waals surface area contributed by atoms with Gasteiger partial charge in [-0.3, -0.25) is 10.7 Å². The number of thiophene rings is 1. The van der Waals surface area contributed by atoms with Crippen molar-refractivity contribution >= 4 is 34.3 Å². The number of hydrogen-bond acceptors (Lipinski definition) is 6. The fourth-order valence-corrected chi connectivity index (χ4v) is 5.06. The van der Waals surface area contributed by atoms with Gasteiger partial charge in [-0.25, -0.2) is 18.2 Å². The highest BCUT2D eigenvalue weighted by Crippen LogP contribution is 2.43. The van der Waals surface area contributed by atoms with E-state index in [4.69, 9.17) is 21.5 Å². The maximum absolute atomic E-state index is 14.8. The lowest BCUT2D eigenvalue weighted by Gasteiger charge is -2.18. The number of hydroxylamine groups is 1. The van der Waals surface area contributed by atoms with Gasteiger partial charge in [0.1, 0.15) is 27.9 Å². The molecule has 11 heteroatoms. The number of nitrogens with zero attached hydrogens (tertiary/aromatic N) is 1. The predicted octanol–water partition coefficient (Wildman–Crippen LogP) is 6.14. The molecule has 1 fully saturated rings. The van der Waals surface area contributed by atoms with Gasteiger partial charge >= 0.3 is 0 Å². The SMILES string of the molecule is C=C(OC)c1scc(-c2cnc(C3(O)CC/C(=C/C(=C\NO)c4c(F)ccc(Cl)c4F)C3)[nH]2)c1F. The first-order valence-corrected chi connectivity index (χ1v) is 11.7. The van der Waals surface area contributed by atoms with Gasteiger partial charge in [0.15, 0.2) is 11.6 Å². The lowest BCUT2D eigenvalue weighted by atomic mass is 9.99. The van der Waals surface area contributed by atoms with Crippen LogP contribution >= 0.6 is 22.9 Å². The van der Waals surface area contributed by atoms with E-state index in [0.717, 1.165) is 29.7 Å². The van der Waals surface area contributed by atoms with Crippen molar-refractivity contribution < 1.29 is 28.2 Å². The third kappa shape index (κ3) is 4.74. The molecule has 4 rings (SSSR count). The average molecular weight is 524 g/mol. The van der Waals surface area contributed by atoms with Crippen LogP contribution in [0.2, 0.25) is 5.02 Å². The largest absolute Gasteiger partial charge is 0.496 e. The molecule has 1 saturated carbocycles. The van der Waals surface area contributed by atoms with Crippen LogP contribution in [0.3, 0.4) is 0 Å². The first kappa shape index (κ1) is 25.1. The van der Waals surface area contributed by atoms with E-state index in [9.17, 15) is 18.3 Å². The van der Waals surface area contributed by atoms with E-state index < -0.39 is 28.6 Å². The first-order chi connectivity index (χ1) is 16.7. The van der Waals surface area contributed by atoms with Gasteiger partial charge in [0.25, 0.3) is 0 Å². The van der Waals surface area contributed by atoms with Crippen molar-refractivity contribution in [3.63, 3.8) is 0 Å². The van der Waals surface area contributed by atoms with Crippen LogP contribution in [0.1, 0.15) is 35.5 Å². The Kier molecular flexibility index (Phi) is 7.09. The Morgan fingerprint density at radius 1 is 1.34 bits per heavy atom. The second kappa shape index (κ2) is 9.90. The summed E-state index contributed by atoms with van der Waals surface area (Å²) in [6.45, 7) is 3.67. The van der Waals surface area contributed by atoms with Crippen LogP contribution in [0.15, 0.2) is 48.1 Å². The molecule has 35 heavy (non-hydrogen) atoms. The Morgan fingerprint density at radius 2 is 2.11 bits per heavy atom. The highest BCUT2D eigenvalue weighted by atomic mass is 35.5. The van der Waals surface area contributed by atoms with Crippen LogP contribution in [-0.4, -0.2) is 27.4 Å². The van der Waals surface area contributed by atoms with Crippen molar-refractivity contribution in [2.75, 3.05) is 7.11 Å². The first-order valence-electron chi connectivity index (χ1n) is 10.4. The van der Waals surface area contributed by atoms with Crippen molar-refractivity contribution in [2.45, 2.75) is 24.9 Å². The highest BCUT2D eigenvalue weighted by molar-refractivity contribution is 7.11. The molecule has 184 valence electrons. The molecule has 2 aromatic heterocycles. The molecular formula is C24H21ClF3N3O3S. The van der Waals surface area contributed by atoms with E-state index in [-0.39, 0.29) is 45.5 Å². The Morgan fingerprint density at radius 3 is 2.83 bits per heavy atom. The summed E-state index contributed by atoms with van der Waals surface area (Å²) in [5.74, 6) is -1.89. The molecule has 6 nitrogen and oxygen atoms in total. The van der Waals surface area contributed by atoms with Crippen LogP contribution < -0.4 is 5.48 Å². The molecule has 2 heterocycles. The van der Waals surface area contributed by atoms with Gasteiger partial charge < -0.3 is 14.8 Å². The predicted molar refractivity (Wildman–Crippen MR) is 128 cm³/mol. The number of methoxy groups -OCH3 is 1. The summed E-state index contributed by atoms with van der Waals surface area (Å²) in [7, 11) is 1.41. The number of aliphatic hydroxyl groups is 1. The number of allylic oxidation sites excluding steroid dienone is 2. The normalized spacial score (nSPS) is 19.4. The molecule has 1 aliphatic rings. The Balaban J connectivity index is 1.61. The van der Waals surface area contributed by atoms with Gasteiger partial charge in [-0.1, -0.05) is 29.8 Å². The molecule has 0 spiro atoms. The zero-order valence-corrected chi connectivity index (χ0v) is 20.0. The van der Waals surface area contributed by atoms with Gasteiger partial charge in [-0.05, 0) is 25.0 Å². The van der Waals surface area contributed by atoms with Crippen molar-refractivity contribution in [1.82, 2.24) is 15.4 Å². The summed E-state index contributed by atoms with van der Waals surface area (Å²) in [6.07, 6.45) is 4.69. The van der Waals surface area contributed by atoms with Crippen LogP contribution in [-0.2, 0) is 10.3 Å². The standard InChI is InChI=1S/C24H21ClF3N3O3S/c1-12(34-2)22-20(27)15(11-35-22)18-10-29-23(31-18)24(32)6-5-13(8-24)7-14(9-30-33)19-17(26)4-3-16(25)21(19)28/h3-4,7,9-11,30,32-33H,1,5-6,8H2,2H3,(H,29,31)/b13-7-,14-9+. The minimum atomic E-state index is -1.40. The molecular weight excluding hydrogens is 503 g/mol. The number of ether oxygens (including phenoxy) is 1. The third-order valence-corrected chi connectivity index (χ3v) is 7.12. The van der Waals surface area contributed by atoms with Gasteiger partial charge in [-0.2, -0.15) is 0 Å².